The first-order chi connectivity index (χ1) is 10.6. The molecule has 0 unspecified atom stereocenters. The van der Waals surface area contributed by atoms with Gasteiger partial charge in [-0.1, -0.05) is 36.9 Å². The first-order valence-electron chi connectivity index (χ1n) is 7.59. The van der Waals surface area contributed by atoms with Crippen molar-refractivity contribution in [3.05, 3.63) is 78.0 Å². The van der Waals surface area contributed by atoms with E-state index in [2.05, 4.69) is 65.8 Å². The van der Waals surface area contributed by atoms with Crippen LogP contribution in [-0.2, 0) is 13.0 Å². The van der Waals surface area contributed by atoms with Crippen LogP contribution in [0.5, 0.6) is 0 Å². The molecule has 1 N–H and O–H groups in total. The SMILES string of the molecule is C=C(C)c1ccc2c(c1)CC(=C)N2Cc1cccc(NC)c1. The molecular weight excluding hydrogens is 268 g/mol. The molecule has 0 bridgehead atoms. The van der Waals surface area contributed by atoms with E-state index in [1.165, 1.54) is 22.4 Å². The van der Waals surface area contributed by atoms with Crippen molar-refractivity contribution in [2.75, 3.05) is 17.3 Å². The molecule has 0 spiro atoms. The van der Waals surface area contributed by atoms with Crippen LogP contribution < -0.4 is 10.2 Å². The quantitative estimate of drug-likeness (QED) is 0.867. The van der Waals surface area contributed by atoms with Gasteiger partial charge in [-0.15, -0.1) is 0 Å². The number of rotatable bonds is 4. The highest BCUT2D eigenvalue weighted by molar-refractivity contribution is 5.71. The minimum Gasteiger partial charge on any atom is -0.388 e. The third-order valence-corrected chi connectivity index (χ3v) is 4.20. The van der Waals surface area contributed by atoms with Crippen molar-refractivity contribution in [1.82, 2.24) is 0 Å². The van der Waals surface area contributed by atoms with E-state index in [4.69, 9.17) is 0 Å². The van der Waals surface area contributed by atoms with Gasteiger partial charge in [0.25, 0.3) is 0 Å². The van der Waals surface area contributed by atoms with E-state index in [0.717, 1.165) is 29.9 Å². The van der Waals surface area contributed by atoms with Crippen molar-refractivity contribution in [3.8, 4) is 0 Å². The molecule has 0 atom stereocenters. The largest absolute Gasteiger partial charge is 0.388 e. The lowest BCUT2D eigenvalue weighted by atomic mass is 10.0. The van der Waals surface area contributed by atoms with Crippen LogP contribution in [0.1, 0.15) is 23.6 Å². The molecule has 2 heteroatoms. The molecule has 0 saturated carbocycles. The molecule has 0 aliphatic carbocycles. The fraction of sp³-hybridized carbons (Fsp3) is 0.200. The summed E-state index contributed by atoms with van der Waals surface area (Å²) in [6.45, 7) is 11.2. The van der Waals surface area contributed by atoms with E-state index < -0.39 is 0 Å². The van der Waals surface area contributed by atoms with Gasteiger partial charge in [0.1, 0.15) is 0 Å². The van der Waals surface area contributed by atoms with Crippen molar-refractivity contribution < 1.29 is 0 Å². The molecule has 0 radical (unpaired) electrons. The van der Waals surface area contributed by atoms with Gasteiger partial charge in [-0.3, -0.25) is 0 Å². The van der Waals surface area contributed by atoms with Crippen LogP contribution in [0, 0.1) is 0 Å². The monoisotopic (exact) mass is 290 g/mol. The van der Waals surface area contributed by atoms with E-state index in [-0.39, 0.29) is 0 Å². The lowest BCUT2D eigenvalue weighted by molar-refractivity contribution is 0.930. The molecule has 1 aliphatic heterocycles. The van der Waals surface area contributed by atoms with Gasteiger partial charge in [-0.05, 0) is 47.9 Å². The molecule has 0 fully saturated rings. The van der Waals surface area contributed by atoms with Crippen molar-refractivity contribution in [2.45, 2.75) is 19.9 Å². The highest BCUT2D eigenvalue weighted by Crippen LogP contribution is 2.36. The van der Waals surface area contributed by atoms with E-state index >= 15 is 0 Å². The van der Waals surface area contributed by atoms with Crippen LogP contribution in [0.15, 0.2) is 61.3 Å². The van der Waals surface area contributed by atoms with Gasteiger partial charge < -0.3 is 10.2 Å². The van der Waals surface area contributed by atoms with Crippen molar-refractivity contribution in [1.29, 1.82) is 0 Å². The number of benzene rings is 2. The van der Waals surface area contributed by atoms with E-state index in [1.807, 2.05) is 14.0 Å². The second-order valence-corrected chi connectivity index (χ2v) is 5.90. The molecule has 2 nitrogen and oxygen atoms in total. The number of hydrogen-bond donors (Lipinski definition) is 1. The van der Waals surface area contributed by atoms with Crippen LogP contribution in [-0.4, -0.2) is 7.05 Å². The van der Waals surface area contributed by atoms with Crippen LogP contribution >= 0.6 is 0 Å². The van der Waals surface area contributed by atoms with Crippen molar-refractivity contribution in [2.24, 2.45) is 0 Å². The molecular formula is C20H22N2. The summed E-state index contributed by atoms with van der Waals surface area (Å²) in [5.41, 5.74) is 8.51. The van der Waals surface area contributed by atoms with Gasteiger partial charge in [-0.2, -0.15) is 0 Å². The minimum absolute atomic E-state index is 0.855. The number of hydrogen-bond acceptors (Lipinski definition) is 2. The molecule has 2 aromatic rings. The fourth-order valence-electron chi connectivity index (χ4n) is 2.95. The lowest BCUT2D eigenvalue weighted by Crippen LogP contribution is -2.17. The maximum atomic E-state index is 4.25. The summed E-state index contributed by atoms with van der Waals surface area (Å²) in [5, 5.41) is 3.19. The smallest absolute Gasteiger partial charge is 0.0479 e. The van der Waals surface area contributed by atoms with E-state index in [0.29, 0.717) is 0 Å². The molecule has 1 heterocycles. The molecule has 22 heavy (non-hydrogen) atoms. The third-order valence-electron chi connectivity index (χ3n) is 4.20. The van der Waals surface area contributed by atoms with Gasteiger partial charge in [0.2, 0.25) is 0 Å². The summed E-state index contributed by atoms with van der Waals surface area (Å²) < 4.78 is 0. The number of fused-ring (bicyclic) bond motifs is 1. The molecule has 0 saturated heterocycles. The van der Waals surface area contributed by atoms with Crippen molar-refractivity contribution >= 4 is 16.9 Å². The second-order valence-electron chi connectivity index (χ2n) is 5.90. The Hall–Kier alpha value is -2.48. The molecule has 0 amide bonds. The zero-order valence-corrected chi connectivity index (χ0v) is 13.3. The highest BCUT2D eigenvalue weighted by atomic mass is 15.2. The number of anilines is 2. The Bertz CT molecular complexity index is 743. The molecule has 2 aromatic carbocycles. The van der Waals surface area contributed by atoms with E-state index in [9.17, 15) is 0 Å². The predicted molar refractivity (Wildman–Crippen MR) is 96.2 cm³/mol. The summed E-state index contributed by atoms with van der Waals surface area (Å²) in [6.07, 6.45) is 0.919. The molecule has 112 valence electrons. The lowest BCUT2D eigenvalue weighted by Gasteiger charge is -2.21. The van der Waals surface area contributed by atoms with Crippen LogP contribution in [0.2, 0.25) is 0 Å². The minimum atomic E-state index is 0.855. The summed E-state index contributed by atoms with van der Waals surface area (Å²) in [4.78, 5) is 2.31. The van der Waals surface area contributed by atoms with Crippen LogP contribution in [0.3, 0.4) is 0 Å². The average molecular weight is 290 g/mol. The highest BCUT2D eigenvalue weighted by Gasteiger charge is 2.23. The van der Waals surface area contributed by atoms with Gasteiger partial charge in [0, 0.05) is 37.1 Å². The van der Waals surface area contributed by atoms with Gasteiger partial charge >= 0.3 is 0 Å². The third kappa shape index (κ3) is 2.64. The maximum Gasteiger partial charge on any atom is 0.0479 e. The fourth-order valence-corrected chi connectivity index (χ4v) is 2.95. The predicted octanol–water partition coefficient (Wildman–Crippen LogP) is 4.84. The normalized spacial score (nSPS) is 13.2. The van der Waals surface area contributed by atoms with Gasteiger partial charge in [0.15, 0.2) is 0 Å². The molecule has 1 aliphatic rings. The Morgan fingerprint density at radius 3 is 2.77 bits per heavy atom. The Kier molecular flexibility index (Phi) is 3.76. The standard InChI is InChI=1S/C20H22N2/c1-14(2)17-8-9-20-18(12-17)10-15(3)22(20)13-16-6-5-7-19(11-16)21-4/h5-9,11-12,21H,1,3,10,13H2,2,4H3. The average Bonchev–Trinajstić information content (AvgIpc) is 2.82. The van der Waals surface area contributed by atoms with Gasteiger partial charge in [0.05, 0.1) is 0 Å². The summed E-state index contributed by atoms with van der Waals surface area (Å²) in [7, 11) is 1.95. The van der Waals surface area contributed by atoms with Crippen LogP contribution in [0.25, 0.3) is 5.57 Å². The zero-order valence-electron chi connectivity index (χ0n) is 13.3. The Labute approximate surface area is 132 Å². The topological polar surface area (TPSA) is 15.3 Å². The zero-order chi connectivity index (χ0) is 15.7. The molecule has 0 aromatic heterocycles. The van der Waals surface area contributed by atoms with Crippen LogP contribution in [0.4, 0.5) is 11.4 Å². The summed E-state index contributed by atoms with van der Waals surface area (Å²) in [6, 6.07) is 15.1. The first-order valence-corrected chi connectivity index (χ1v) is 7.59. The Morgan fingerprint density at radius 1 is 1.23 bits per heavy atom. The molecule has 3 rings (SSSR count). The Morgan fingerprint density at radius 2 is 2.05 bits per heavy atom. The Balaban J connectivity index is 1.90. The summed E-state index contributed by atoms with van der Waals surface area (Å²) >= 11 is 0. The summed E-state index contributed by atoms with van der Waals surface area (Å²) in [5.74, 6) is 0. The maximum absolute atomic E-state index is 4.25. The van der Waals surface area contributed by atoms with Gasteiger partial charge in [-0.25, -0.2) is 0 Å². The van der Waals surface area contributed by atoms with E-state index in [1.54, 1.807) is 0 Å². The van der Waals surface area contributed by atoms with Crippen molar-refractivity contribution in [3.63, 3.8) is 0 Å². The number of nitrogens with zero attached hydrogens (tertiary/aromatic N) is 1. The number of allylic oxidation sites excluding steroid dienone is 2. The second kappa shape index (κ2) is 5.72. The first kappa shape index (κ1) is 14.5. The number of nitrogens with one attached hydrogen (secondary N) is 1.